The fourth-order valence-electron chi connectivity index (χ4n) is 2.07. The van der Waals surface area contributed by atoms with Gasteiger partial charge in [0.1, 0.15) is 4.70 Å². The molecular weight excluding hydrogens is 214 g/mol. The molecule has 16 heavy (non-hydrogen) atoms. The lowest BCUT2D eigenvalue weighted by atomic mass is 10.1. The molecule has 2 heteroatoms. The highest BCUT2D eigenvalue weighted by atomic mass is 32.1. The molecule has 78 valence electrons. The molecule has 3 rings (SSSR count). The van der Waals surface area contributed by atoms with Crippen LogP contribution in [0.5, 0.6) is 0 Å². The van der Waals surface area contributed by atoms with E-state index in [1.165, 1.54) is 21.0 Å². The van der Waals surface area contributed by atoms with E-state index in [4.69, 9.17) is 0 Å². The molecule has 0 aliphatic heterocycles. The van der Waals surface area contributed by atoms with Crippen LogP contribution in [0.4, 0.5) is 0 Å². The first-order chi connectivity index (χ1) is 7.90. The third kappa shape index (κ3) is 1.34. The van der Waals surface area contributed by atoms with E-state index in [1.54, 1.807) is 11.3 Å². The number of thiazole rings is 1. The molecule has 0 unspecified atom stereocenters. The van der Waals surface area contributed by atoms with Gasteiger partial charge >= 0.3 is 0 Å². The predicted octanol–water partition coefficient (Wildman–Crippen LogP) is 3.53. The molecule has 0 aliphatic carbocycles. The second kappa shape index (κ2) is 3.72. The van der Waals surface area contributed by atoms with Crippen molar-refractivity contribution in [2.45, 2.75) is 6.54 Å². The van der Waals surface area contributed by atoms with Gasteiger partial charge in [0.15, 0.2) is 6.54 Å². The van der Waals surface area contributed by atoms with Crippen molar-refractivity contribution in [3.05, 3.63) is 54.6 Å². The maximum Gasteiger partial charge on any atom is 0.231 e. The van der Waals surface area contributed by atoms with Crippen LogP contribution in [0.3, 0.4) is 0 Å². The molecule has 0 atom stereocenters. The summed E-state index contributed by atoms with van der Waals surface area (Å²) in [5.74, 6) is 0. The largest absolute Gasteiger partial charge is 0.231 e. The van der Waals surface area contributed by atoms with Crippen molar-refractivity contribution in [2.24, 2.45) is 0 Å². The van der Waals surface area contributed by atoms with Crippen molar-refractivity contribution in [3.63, 3.8) is 0 Å². The molecule has 0 aliphatic rings. The molecule has 0 N–H and O–H groups in total. The minimum absolute atomic E-state index is 0.869. The minimum Gasteiger partial charge on any atom is -0.184 e. The monoisotopic (exact) mass is 226 g/mol. The Bertz CT molecular complexity index is 667. The molecule has 0 saturated heterocycles. The van der Waals surface area contributed by atoms with Crippen LogP contribution in [-0.4, -0.2) is 0 Å². The molecule has 1 heterocycles. The predicted molar refractivity (Wildman–Crippen MR) is 69.7 cm³/mol. The third-order valence-corrected chi connectivity index (χ3v) is 3.73. The van der Waals surface area contributed by atoms with Gasteiger partial charge in [0.25, 0.3) is 0 Å². The van der Waals surface area contributed by atoms with E-state index in [2.05, 4.69) is 53.1 Å². The van der Waals surface area contributed by atoms with E-state index in [9.17, 15) is 0 Å². The fourth-order valence-corrected chi connectivity index (χ4v) is 2.99. The van der Waals surface area contributed by atoms with E-state index in [1.807, 2.05) is 6.08 Å². The summed E-state index contributed by atoms with van der Waals surface area (Å²) < 4.78 is 3.59. The van der Waals surface area contributed by atoms with Crippen LogP contribution in [0.15, 0.2) is 54.6 Å². The third-order valence-electron chi connectivity index (χ3n) is 2.78. The summed E-state index contributed by atoms with van der Waals surface area (Å²) >= 11 is 1.78. The maximum absolute atomic E-state index is 3.81. The molecule has 0 radical (unpaired) electrons. The zero-order valence-electron chi connectivity index (χ0n) is 8.89. The summed E-state index contributed by atoms with van der Waals surface area (Å²) in [5.41, 5.74) is 3.49. The van der Waals surface area contributed by atoms with Crippen LogP contribution in [0.25, 0.3) is 21.0 Å². The van der Waals surface area contributed by atoms with Crippen molar-refractivity contribution in [1.29, 1.82) is 0 Å². The zero-order valence-corrected chi connectivity index (χ0v) is 9.70. The Morgan fingerprint density at radius 1 is 1.19 bits per heavy atom. The van der Waals surface area contributed by atoms with Gasteiger partial charge in [0.05, 0.1) is 5.39 Å². The van der Waals surface area contributed by atoms with E-state index in [-0.39, 0.29) is 0 Å². The number of nitrogens with zero attached hydrogens (tertiary/aromatic N) is 1. The lowest BCUT2D eigenvalue weighted by Crippen LogP contribution is -2.30. The highest BCUT2D eigenvalue weighted by Crippen LogP contribution is 2.25. The molecule has 0 saturated carbocycles. The van der Waals surface area contributed by atoms with Gasteiger partial charge < -0.3 is 0 Å². The lowest BCUT2D eigenvalue weighted by molar-refractivity contribution is -0.655. The lowest BCUT2D eigenvalue weighted by Gasteiger charge is -1.96. The molecule has 0 fully saturated rings. The van der Waals surface area contributed by atoms with Crippen molar-refractivity contribution in [1.82, 2.24) is 0 Å². The average molecular weight is 226 g/mol. The minimum atomic E-state index is 0.869. The van der Waals surface area contributed by atoms with E-state index < -0.39 is 0 Å². The molecule has 0 bridgehead atoms. The zero-order chi connectivity index (χ0) is 11.0. The number of benzene rings is 2. The van der Waals surface area contributed by atoms with E-state index in [0.717, 1.165) is 6.54 Å². The molecule has 0 spiro atoms. The van der Waals surface area contributed by atoms with E-state index >= 15 is 0 Å². The van der Waals surface area contributed by atoms with Gasteiger partial charge in [0.2, 0.25) is 11.0 Å². The van der Waals surface area contributed by atoms with Gasteiger partial charge in [0, 0.05) is 0 Å². The molecule has 1 aromatic heterocycles. The van der Waals surface area contributed by atoms with Crippen molar-refractivity contribution in [2.75, 3.05) is 0 Å². The summed E-state index contributed by atoms with van der Waals surface area (Å²) in [6.07, 6.45) is 1.94. The SMILES string of the molecule is C=CC[n+]1csc2ccc3ccccc3c21. The van der Waals surface area contributed by atoms with Gasteiger partial charge in [-0.25, -0.2) is 0 Å². The van der Waals surface area contributed by atoms with Crippen LogP contribution in [-0.2, 0) is 6.54 Å². The number of aromatic nitrogens is 1. The Labute approximate surface area is 98.3 Å². The standard InChI is InChI=1S/C14H12NS/c1-2-9-15-10-16-13-8-7-11-5-3-4-6-12(11)14(13)15/h2-8,10H,1,9H2/q+1. The summed E-state index contributed by atoms with van der Waals surface area (Å²) in [6.45, 7) is 4.68. The second-order valence-corrected chi connectivity index (χ2v) is 4.68. The molecule has 0 amide bonds. The fraction of sp³-hybridized carbons (Fsp3) is 0.0714. The molecule has 1 nitrogen and oxygen atoms in total. The number of allylic oxidation sites excluding steroid dienone is 1. The van der Waals surface area contributed by atoms with Crippen molar-refractivity contribution < 1.29 is 4.57 Å². The van der Waals surface area contributed by atoms with Gasteiger partial charge in [-0.05, 0) is 23.6 Å². The summed E-state index contributed by atoms with van der Waals surface area (Å²) in [7, 11) is 0. The second-order valence-electron chi connectivity index (χ2n) is 3.80. The smallest absolute Gasteiger partial charge is 0.184 e. The van der Waals surface area contributed by atoms with Crippen LogP contribution in [0.2, 0.25) is 0 Å². The van der Waals surface area contributed by atoms with Crippen LogP contribution < -0.4 is 4.57 Å². The first kappa shape index (κ1) is 9.55. The topological polar surface area (TPSA) is 3.88 Å². The van der Waals surface area contributed by atoms with Gasteiger partial charge in [-0.15, -0.1) is 0 Å². The van der Waals surface area contributed by atoms with Crippen molar-refractivity contribution in [3.8, 4) is 0 Å². The molecule has 2 aromatic carbocycles. The summed E-state index contributed by atoms with van der Waals surface area (Å²) in [6, 6.07) is 12.9. The number of hydrogen-bond donors (Lipinski definition) is 0. The quantitative estimate of drug-likeness (QED) is 0.465. The summed E-state index contributed by atoms with van der Waals surface area (Å²) in [5, 5.41) is 2.62. The van der Waals surface area contributed by atoms with Crippen LogP contribution in [0, 0.1) is 0 Å². The summed E-state index contributed by atoms with van der Waals surface area (Å²) in [4.78, 5) is 0. The van der Waals surface area contributed by atoms with Crippen LogP contribution in [0.1, 0.15) is 0 Å². The number of fused-ring (bicyclic) bond motifs is 3. The molecular formula is C14H12NS+. The number of hydrogen-bond acceptors (Lipinski definition) is 1. The number of rotatable bonds is 2. The van der Waals surface area contributed by atoms with E-state index in [0.29, 0.717) is 0 Å². The van der Waals surface area contributed by atoms with Gasteiger partial charge in [-0.3, -0.25) is 0 Å². The maximum atomic E-state index is 3.81. The Hall–Kier alpha value is -1.67. The van der Waals surface area contributed by atoms with Crippen LogP contribution >= 0.6 is 11.3 Å². The highest BCUT2D eigenvalue weighted by Gasteiger charge is 2.13. The highest BCUT2D eigenvalue weighted by molar-refractivity contribution is 7.16. The Morgan fingerprint density at radius 3 is 2.94 bits per heavy atom. The Kier molecular flexibility index (Phi) is 2.22. The first-order valence-corrected chi connectivity index (χ1v) is 6.17. The van der Waals surface area contributed by atoms with Crippen molar-refractivity contribution >= 4 is 32.3 Å². The Balaban J connectivity index is 2.46. The molecule has 3 aromatic rings. The van der Waals surface area contributed by atoms with Gasteiger partial charge in [-0.2, -0.15) is 4.57 Å². The van der Waals surface area contributed by atoms with Gasteiger partial charge in [-0.1, -0.05) is 42.2 Å². The normalized spacial score (nSPS) is 11.0. The first-order valence-electron chi connectivity index (χ1n) is 5.29. The average Bonchev–Trinajstić information content (AvgIpc) is 2.73. The Morgan fingerprint density at radius 2 is 2.06 bits per heavy atom.